The Bertz CT molecular complexity index is 162. The summed E-state index contributed by atoms with van der Waals surface area (Å²) in [6.45, 7) is 4.55. The molecule has 0 nitrogen and oxygen atoms in total. The number of allylic oxidation sites excluding steroid dienone is 4. The third kappa shape index (κ3) is 8.07. The molecule has 0 atom stereocenters. The summed E-state index contributed by atoms with van der Waals surface area (Å²) < 4.78 is 0. The van der Waals surface area contributed by atoms with Crippen LogP contribution in [0.1, 0.15) is 6.42 Å². The van der Waals surface area contributed by atoms with Crippen LogP contribution in [0.15, 0.2) is 36.6 Å². The van der Waals surface area contributed by atoms with E-state index in [0.29, 0.717) is 0 Å². The maximum absolute atomic E-state index is 3.61. The van der Waals surface area contributed by atoms with Crippen molar-refractivity contribution in [3.63, 3.8) is 0 Å². The summed E-state index contributed by atoms with van der Waals surface area (Å²) in [5.74, 6) is 0. The van der Waals surface area contributed by atoms with Crippen molar-refractivity contribution in [3.8, 4) is 0 Å². The van der Waals surface area contributed by atoms with Gasteiger partial charge >= 0.3 is 67.2 Å². The van der Waals surface area contributed by atoms with Gasteiger partial charge in [0.25, 0.3) is 0 Å². The molecule has 49 valence electrons. The van der Waals surface area contributed by atoms with Gasteiger partial charge in [-0.3, -0.25) is 0 Å². The Kier molecular flexibility index (Phi) is 8.14. The molecule has 0 heterocycles. The predicted octanol–water partition coefficient (Wildman–Crippen LogP) is 1.80. The quantitative estimate of drug-likeness (QED) is 0.424. The van der Waals surface area contributed by atoms with Crippen LogP contribution < -0.4 is 0 Å². The van der Waals surface area contributed by atoms with Crippen molar-refractivity contribution in [1.29, 1.82) is 0 Å². The van der Waals surface area contributed by atoms with E-state index < -0.39 is 0 Å². The molecule has 0 N–H and O–H groups in total. The van der Waals surface area contributed by atoms with Crippen molar-refractivity contribution in [2.45, 2.75) is 6.42 Å². The summed E-state index contributed by atoms with van der Waals surface area (Å²) in [5, 5.41) is 0. The van der Waals surface area contributed by atoms with E-state index in [1.165, 1.54) is 0 Å². The minimum absolute atomic E-state index is 0.940. The first-order valence-electron chi connectivity index (χ1n) is 2.69. The molecule has 0 bridgehead atoms. The molecule has 0 aromatic rings. The number of rotatable bonds is 3. The van der Waals surface area contributed by atoms with Crippen molar-refractivity contribution in [1.82, 2.24) is 0 Å². The first kappa shape index (κ1) is 9.07. The summed E-state index contributed by atoms with van der Waals surface area (Å²) >= 11 is 1.98. The average Bonchev–Trinajstić information content (AvgIpc) is 1.89. The molecule has 0 rings (SSSR count). The molecule has 0 aliphatic heterocycles. The van der Waals surface area contributed by atoms with E-state index in [1.807, 2.05) is 23.2 Å². The van der Waals surface area contributed by atoms with Crippen molar-refractivity contribution in [2.24, 2.45) is 0 Å². The fraction of sp³-hybridized carbons (Fsp3) is 0.143. The normalized spacial score (nSPS) is 10.2. The van der Waals surface area contributed by atoms with Gasteiger partial charge in [0.1, 0.15) is 0 Å². The molecule has 0 amide bonds. The van der Waals surface area contributed by atoms with E-state index in [9.17, 15) is 0 Å². The Hall–Kier alpha value is 0.0732. The third-order valence-corrected chi connectivity index (χ3v) is 2.29. The van der Waals surface area contributed by atoms with Crippen LogP contribution in [0.25, 0.3) is 0 Å². The van der Waals surface area contributed by atoms with Crippen LogP contribution in [-0.2, 0) is 17.2 Å². The molecule has 0 aliphatic rings. The van der Waals surface area contributed by atoms with Crippen LogP contribution in [0.4, 0.5) is 0 Å². The molecule has 0 fully saturated rings. The Balaban J connectivity index is 3.37. The summed E-state index contributed by atoms with van der Waals surface area (Å²) in [7, 11) is 0. The molecule has 0 unspecified atom stereocenters. The van der Waals surface area contributed by atoms with Gasteiger partial charge in [-0.05, 0) is 0 Å². The fourth-order valence-corrected chi connectivity index (χ4v) is 1.26. The van der Waals surface area contributed by atoms with E-state index in [2.05, 4.69) is 30.5 Å². The molecular formula is C7H9OsSi. The zero-order valence-corrected chi connectivity index (χ0v) is 8.69. The van der Waals surface area contributed by atoms with Gasteiger partial charge in [-0.2, -0.15) is 0 Å². The summed E-state index contributed by atoms with van der Waals surface area (Å²) in [4.78, 5) is 0. The van der Waals surface area contributed by atoms with E-state index in [1.54, 1.807) is 0 Å². The van der Waals surface area contributed by atoms with Crippen LogP contribution in [-0.4, -0.2) is 7.00 Å². The van der Waals surface area contributed by atoms with Gasteiger partial charge < -0.3 is 0 Å². The molecule has 0 aromatic carbocycles. The van der Waals surface area contributed by atoms with Gasteiger partial charge in [0.05, 0.1) is 0 Å². The first-order chi connectivity index (χ1) is 4.41. The number of hydrogen-bond acceptors (Lipinski definition) is 0. The molecule has 0 aromatic heterocycles. The molecule has 0 saturated carbocycles. The van der Waals surface area contributed by atoms with Crippen molar-refractivity contribution >= 4 is 7.00 Å². The van der Waals surface area contributed by atoms with E-state index in [-0.39, 0.29) is 0 Å². The Morgan fingerprint density at radius 2 is 2.22 bits per heavy atom. The van der Waals surface area contributed by atoms with Crippen LogP contribution in [0.5, 0.6) is 0 Å². The van der Waals surface area contributed by atoms with E-state index >= 15 is 0 Å². The summed E-state index contributed by atoms with van der Waals surface area (Å²) in [5.41, 5.74) is 2.16. The van der Waals surface area contributed by atoms with E-state index in [0.717, 1.165) is 13.4 Å². The Morgan fingerprint density at radius 1 is 1.44 bits per heavy atom. The molecular weight excluding hydrogens is 302 g/mol. The fourth-order valence-electron chi connectivity index (χ4n) is 0.343. The van der Waals surface area contributed by atoms with Crippen LogP contribution in [0.3, 0.4) is 0 Å². The Labute approximate surface area is 67.3 Å². The Morgan fingerprint density at radius 3 is 2.78 bits per heavy atom. The topological polar surface area (TPSA) is 0 Å². The van der Waals surface area contributed by atoms with Gasteiger partial charge in [0.2, 0.25) is 0 Å². The first-order valence-corrected chi connectivity index (χ1v) is 7.43. The van der Waals surface area contributed by atoms with Gasteiger partial charge in [-0.15, -0.1) is 0 Å². The predicted molar refractivity (Wildman–Crippen MR) is 38.8 cm³/mol. The monoisotopic (exact) mass is 313 g/mol. The maximum atomic E-state index is 3.61. The van der Waals surface area contributed by atoms with Crippen LogP contribution >= 0.6 is 0 Å². The second kappa shape index (κ2) is 8.07. The van der Waals surface area contributed by atoms with E-state index in [4.69, 9.17) is 0 Å². The average molecular weight is 311 g/mol. The van der Waals surface area contributed by atoms with Crippen molar-refractivity contribution < 1.29 is 17.2 Å². The molecule has 0 spiro atoms. The number of hydrogen-bond donors (Lipinski definition) is 0. The van der Waals surface area contributed by atoms with Crippen molar-refractivity contribution in [2.75, 3.05) is 0 Å². The molecule has 0 aliphatic carbocycles. The summed E-state index contributed by atoms with van der Waals surface area (Å²) in [6.07, 6.45) is 9.09. The van der Waals surface area contributed by atoms with Crippen LogP contribution in [0, 0.1) is 0 Å². The van der Waals surface area contributed by atoms with Crippen LogP contribution in [0.2, 0.25) is 0 Å². The van der Waals surface area contributed by atoms with Crippen molar-refractivity contribution in [3.05, 3.63) is 36.6 Å². The zero-order valence-electron chi connectivity index (χ0n) is 5.15. The van der Waals surface area contributed by atoms with Gasteiger partial charge in [0, 0.05) is 0 Å². The van der Waals surface area contributed by atoms with Gasteiger partial charge in [-0.1, -0.05) is 0 Å². The molecule has 0 saturated heterocycles. The zero-order chi connectivity index (χ0) is 6.95. The minimum atomic E-state index is 0.940. The van der Waals surface area contributed by atoms with Gasteiger partial charge in [-0.25, -0.2) is 0 Å². The molecule has 2 heteroatoms. The molecule has 0 radical (unpaired) electrons. The van der Waals surface area contributed by atoms with Gasteiger partial charge in [0.15, 0.2) is 0 Å². The second-order valence-electron chi connectivity index (χ2n) is 1.41. The SMILES string of the molecule is C=CCC=C/C=C\[Si]#[Os]. The standard InChI is InChI=1S/C7H9Si.Os/c1-2-3-4-5-6-7-8;/h2,4-7H,1,3H2;/b5-4?,7-6-;. The second-order valence-corrected chi connectivity index (χ2v) is 4.15. The summed E-state index contributed by atoms with van der Waals surface area (Å²) in [6, 6.07) is 0. The molecule has 9 heavy (non-hydrogen) atoms. The third-order valence-electron chi connectivity index (χ3n) is 0.705.